The maximum absolute atomic E-state index is 14.0. The number of hydrogen-bond donors (Lipinski definition) is 1. The average Bonchev–Trinajstić information content (AvgIpc) is 3.25. The summed E-state index contributed by atoms with van der Waals surface area (Å²) < 4.78 is 21.3. The molecule has 0 radical (unpaired) electrons. The molecular formula is C15H17ClFN3O. The molecule has 1 aliphatic carbocycles. The third-order valence-corrected chi connectivity index (χ3v) is 3.93. The van der Waals surface area contributed by atoms with Gasteiger partial charge in [0.15, 0.2) is 11.6 Å². The van der Waals surface area contributed by atoms with Crippen molar-refractivity contribution in [3.05, 3.63) is 46.8 Å². The second-order valence-corrected chi connectivity index (χ2v) is 5.62. The molecule has 1 aromatic carbocycles. The van der Waals surface area contributed by atoms with E-state index in [0.29, 0.717) is 23.6 Å². The monoisotopic (exact) mass is 309 g/mol. The van der Waals surface area contributed by atoms with E-state index in [1.54, 1.807) is 23.9 Å². The van der Waals surface area contributed by atoms with Crippen LogP contribution < -0.4 is 10.1 Å². The van der Waals surface area contributed by atoms with Crippen molar-refractivity contribution in [1.82, 2.24) is 14.9 Å². The van der Waals surface area contributed by atoms with Crippen LogP contribution in [0.25, 0.3) is 0 Å². The summed E-state index contributed by atoms with van der Waals surface area (Å²) >= 11 is 5.93. The van der Waals surface area contributed by atoms with Gasteiger partial charge < -0.3 is 14.6 Å². The zero-order chi connectivity index (χ0) is 14.8. The average molecular weight is 310 g/mol. The summed E-state index contributed by atoms with van der Waals surface area (Å²) in [6.45, 7) is 0.791. The van der Waals surface area contributed by atoms with Gasteiger partial charge in [-0.05, 0) is 18.9 Å². The molecule has 2 aromatic rings. The van der Waals surface area contributed by atoms with E-state index in [-0.39, 0.29) is 18.2 Å². The van der Waals surface area contributed by atoms with Crippen molar-refractivity contribution in [2.75, 3.05) is 0 Å². The van der Waals surface area contributed by atoms with E-state index in [9.17, 15) is 4.39 Å². The van der Waals surface area contributed by atoms with Crippen LogP contribution in [0, 0.1) is 5.82 Å². The first-order chi connectivity index (χ1) is 10.1. The van der Waals surface area contributed by atoms with Crippen LogP contribution in [0.5, 0.6) is 5.75 Å². The number of rotatable bonds is 6. The molecule has 0 bridgehead atoms. The Balaban J connectivity index is 1.72. The summed E-state index contributed by atoms with van der Waals surface area (Å²) in [6, 6.07) is 5.54. The van der Waals surface area contributed by atoms with Gasteiger partial charge in [-0.25, -0.2) is 9.37 Å². The number of para-hydroxylation sites is 1. The molecule has 0 atom stereocenters. The van der Waals surface area contributed by atoms with Crippen molar-refractivity contribution in [1.29, 1.82) is 0 Å². The van der Waals surface area contributed by atoms with Crippen molar-refractivity contribution >= 4 is 11.6 Å². The lowest BCUT2D eigenvalue weighted by atomic mass is 10.2. The minimum atomic E-state index is -0.356. The Morgan fingerprint density at radius 2 is 2.29 bits per heavy atom. The van der Waals surface area contributed by atoms with Crippen LogP contribution in [0.3, 0.4) is 0 Å². The highest BCUT2D eigenvalue weighted by molar-refractivity contribution is 6.29. The molecule has 1 saturated carbocycles. The summed E-state index contributed by atoms with van der Waals surface area (Å²) in [4.78, 5) is 4.14. The van der Waals surface area contributed by atoms with E-state index in [1.165, 1.54) is 18.9 Å². The maximum Gasteiger partial charge on any atom is 0.165 e. The normalized spacial score (nSPS) is 14.4. The zero-order valence-corrected chi connectivity index (χ0v) is 12.5. The molecule has 21 heavy (non-hydrogen) atoms. The van der Waals surface area contributed by atoms with E-state index < -0.39 is 0 Å². The van der Waals surface area contributed by atoms with E-state index in [4.69, 9.17) is 16.3 Å². The third-order valence-electron chi connectivity index (χ3n) is 3.58. The lowest BCUT2D eigenvalue weighted by Crippen LogP contribution is -2.16. The largest absolute Gasteiger partial charge is 0.482 e. The fourth-order valence-electron chi connectivity index (χ4n) is 2.09. The molecule has 1 N–H and O–H groups in total. The molecule has 1 aliphatic rings. The van der Waals surface area contributed by atoms with Gasteiger partial charge in [-0.1, -0.05) is 23.7 Å². The summed E-state index contributed by atoms with van der Waals surface area (Å²) in [5.74, 6) is 0.583. The lowest BCUT2D eigenvalue weighted by molar-refractivity contribution is 0.273. The highest BCUT2D eigenvalue weighted by atomic mass is 35.5. The standard InChI is InChI=1S/C15H17ClFN3O/c1-20-13(16)8-19-14(20)9-21-15-10(3-2-4-12(15)17)7-18-11-5-6-11/h2-4,8,11,18H,5-7,9H2,1H3. The molecule has 1 heterocycles. The topological polar surface area (TPSA) is 39.1 Å². The summed E-state index contributed by atoms with van der Waals surface area (Å²) in [5, 5.41) is 3.89. The SMILES string of the molecule is Cn1c(Cl)cnc1COc1c(F)cccc1CNC1CC1. The fraction of sp³-hybridized carbons (Fsp3) is 0.400. The lowest BCUT2D eigenvalue weighted by Gasteiger charge is -2.13. The minimum Gasteiger partial charge on any atom is -0.482 e. The van der Waals surface area contributed by atoms with Crippen LogP contribution in [-0.2, 0) is 20.2 Å². The minimum absolute atomic E-state index is 0.181. The van der Waals surface area contributed by atoms with Gasteiger partial charge in [0.2, 0.25) is 0 Å². The molecule has 0 aliphatic heterocycles. The zero-order valence-electron chi connectivity index (χ0n) is 11.8. The molecular weight excluding hydrogens is 293 g/mol. The Kier molecular flexibility index (Phi) is 4.12. The summed E-state index contributed by atoms with van der Waals surface area (Å²) in [5.41, 5.74) is 0.821. The molecule has 112 valence electrons. The number of ether oxygens (including phenoxy) is 1. The van der Waals surface area contributed by atoms with Gasteiger partial charge in [0, 0.05) is 25.2 Å². The third kappa shape index (κ3) is 3.36. The molecule has 6 heteroatoms. The van der Waals surface area contributed by atoms with E-state index in [0.717, 1.165) is 5.56 Å². The first-order valence-electron chi connectivity index (χ1n) is 6.95. The first-order valence-corrected chi connectivity index (χ1v) is 7.32. The summed E-state index contributed by atoms with van der Waals surface area (Å²) in [6.07, 6.45) is 3.94. The van der Waals surface area contributed by atoms with Crippen LogP contribution >= 0.6 is 11.6 Å². The quantitative estimate of drug-likeness (QED) is 0.891. The van der Waals surface area contributed by atoms with Crippen molar-refractivity contribution in [2.24, 2.45) is 7.05 Å². The van der Waals surface area contributed by atoms with Crippen molar-refractivity contribution in [3.63, 3.8) is 0 Å². The number of halogens is 2. The van der Waals surface area contributed by atoms with Crippen LogP contribution in [0.2, 0.25) is 5.15 Å². The van der Waals surface area contributed by atoms with E-state index in [2.05, 4.69) is 10.3 Å². The first kappa shape index (κ1) is 14.4. The molecule has 0 spiro atoms. The Morgan fingerprint density at radius 1 is 1.48 bits per heavy atom. The molecule has 1 aromatic heterocycles. The summed E-state index contributed by atoms with van der Waals surface area (Å²) in [7, 11) is 1.80. The van der Waals surface area contributed by atoms with Crippen LogP contribution in [0.15, 0.2) is 24.4 Å². The van der Waals surface area contributed by atoms with Crippen LogP contribution in [-0.4, -0.2) is 15.6 Å². The van der Waals surface area contributed by atoms with Gasteiger partial charge in [0.1, 0.15) is 17.6 Å². The van der Waals surface area contributed by atoms with E-state index in [1.807, 2.05) is 6.07 Å². The van der Waals surface area contributed by atoms with Gasteiger partial charge in [0.25, 0.3) is 0 Å². The van der Waals surface area contributed by atoms with E-state index >= 15 is 0 Å². The molecule has 0 saturated heterocycles. The highest BCUT2D eigenvalue weighted by Gasteiger charge is 2.21. The molecule has 1 fully saturated rings. The van der Waals surface area contributed by atoms with Gasteiger partial charge in [-0.2, -0.15) is 0 Å². The predicted octanol–water partition coefficient (Wildman–Crippen LogP) is 3.04. The van der Waals surface area contributed by atoms with Gasteiger partial charge >= 0.3 is 0 Å². The molecule has 4 nitrogen and oxygen atoms in total. The number of hydrogen-bond acceptors (Lipinski definition) is 3. The maximum atomic E-state index is 14.0. The highest BCUT2D eigenvalue weighted by Crippen LogP contribution is 2.26. The fourth-order valence-corrected chi connectivity index (χ4v) is 2.24. The predicted molar refractivity (Wildman–Crippen MR) is 78.8 cm³/mol. The Labute approximate surface area is 127 Å². The van der Waals surface area contributed by atoms with Crippen LogP contribution in [0.4, 0.5) is 4.39 Å². The second-order valence-electron chi connectivity index (χ2n) is 5.23. The Hall–Kier alpha value is -1.59. The van der Waals surface area contributed by atoms with Gasteiger partial charge in [-0.15, -0.1) is 0 Å². The Morgan fingerprint density at radius 3 is 2.95 bits per heavy atom. The number of aromatic nitrogens is 2. The van der Waals surface area contributed by atoms with Crippen molar-refractivity contribution < 1.29 is 9.13 Å². The number of benzene rings is 1. The van der Waals surface area contributed by atoms with Crippen LogP contribution in [0.1, 0.15) is 24.2 Å². The Bertz CT molecular complexity index is 640. The number of nitrogens with one attached hydrogen (secondary N) is 1. The van der Waals surface area contributed by atoms with Gasteiger partial charge in [-0.3, -0.25) is 0 Å². The smallest absolute Gasteiger partial charge is 0.165 e. The molecule has 3 rings (SSSR count). The van der Waals surface area contributed by atoms with Crippen molar-refractivity contribution in [2.45, 2.75) is 32.0 Å². The number of nitrogens with zero attached hydrogens (tertiary/aromatic N) is 2. The van der Waals surface area contributed by atoms with Gasteiger partial charge in [0.05, 0.1) is 6.20 Å². The second kappa shape index (κ2) is 6.03. The molecule has 0 unspecified atom stereocenters. The number of imidazole rings is 1. The van der Waals surface area contributed by atoms with Crippen molar-refractivity contribution in [3.8, 4) is 5.75 Å². The molecule has 0 amide bonds.